The number of amidine groups is 1. The van der Waals surface area contributed by atoms with E-state index in [1.807, 2.05) is 23.5 Å². The average molecular weight is 294 g/mol. The maximum absolute atomic E-state index is 4.79. The van der Waals surface area contributed by atoms with Gasteiger partial charge in [0, 0.05) is 11.8 Å². The number of hydrogen-bond acceptors (Lipinski definition) is 4. The molecule has 1 N–H and O–H groups in total. The number of hydrogen-bond donors (Lipinski definition) is 1. The zero-order valence-electron chi connectivity index (χ0n) is 11.6. The van der Waals surface area contributed by atoms with Gasteiger partial charge in [-0.1, -0.05) is 42.1 Å². The van der Waals surface area contributed by atoms with E-state index in [1.54, 1.807) is 0 Å². The molecule has 0 spiro atoms. The average Bonchev–Trinajstić information content (AvgIpc) is 2.85. The molecule has 2 unspecified atom stereocenters. The summed E-state index contributed by atoms with van der Waals surface area (Å²) in [7, 11) is 0. The molecule has 1 aromatic rings. The molecule has 1 heterocycles. The molecule has 0 amide bonds. The first-order valence-electron chi connectivity index (χ1n) is 6.78. The van der Waals surface area contributed by atoms with Crippen molar-refractivity contribution in [3.05, 3.63) is 35.9 Å². The molecule has 0 aliphatic carbocycles. The van der Waals surface area contributed by atoms with Crippen molar-refractivity contribution in [1.82, 2.24) is 5.32 Å². The molecule has 1 aliphatic heterocycles. The molecule has 1 aliphatic rings. The van der Waals surface area contributed by atoms with Gasteiger partial charge in [-0.15, -0.1) is 0 Å². The second-order valence-electron chi connectivity index (χ2n) is 4.92. The van der Waals surface area contributed by atoms with Crippen LogP contribution in [0, 0.1) is 0 Å². The molecule has 0 bridgehead atoms. The Bertz CT molecular complexity index is 406. The van der Waals surface area contributed by atoms with Crippen LogP contribution < -0.4 is 5.32 Å². The highest BCUT2D eigenvalue weighted by Crippen LogP contribution is 2.20. The van der Waals surface area contributed by atoms with E-state index in [2.05, 4.69) is 48.8 Å². The van der Waals surface area contributed by atoms with E-state index in [9.17, 15) is 0 Å². The van der Waals surface area contributed by atoms with Crippen LogP contribution in [0.25, 0.3) is 0 Å². The van der Waals surface area contributed by atoms with Gasteiger partial charge in [0.1, 0.15) is 0 Å². The van der Waals surface area contributed by atoms with E-state index >= 15 is 0 Å². The van der Waals surface area contributed by atoms with E-state index in [0.29, 0.717) is 12.1 Å². The molecule has 19 heavy (non-hydrogen) atoms. The number of benzene rings is 1. The largest absolute Gasteiger partial charge is 0.362 e. The Morgan fingerprint density at radius 2 is 2.21 bits per heavy atom. The fraction of sp³-hybridized carbons (Fsp3) is 0.533. The Balaban J connectivity index is 1.80. The lowest BCUT2D eigenvalue weighted by molar-refractivity contribution is 0.648. The minimum Gasteiger partial charge on any atom is -0.362 e. The van der Waals surface area contributed by atoms with Crippen molar-refractivity contribution in [3.63, 3.8) is 0 Å². The van der Waals surface area contributed by atoms with Gasteiger partial charge in [-0.3, -0.25) is 4.99 Å². The third-order valence-corrected chi connectivity index (χ3v) is 4.84. The van der Waals surface area contributed by atoms with Gasteiger partial charge in [0.2, 0.25) is 0 Å². The van der Waals surface area contributed by atoms with E-state index < -0.39 is 0 Å². The standard InChI is InChI=1S/C15H22N2S2/c1-12(8-9-18-2)16-15-17-14(11-19-15)10-13-6-4-3-5-7-13/h3-7,12,14H,8-11H2,1-2H3,(H,16,17). The van der Waals surface area contributed by atoms with Crippen LogP contribution in [0.3, 0.4) is 0 Å². The van der Waals surface area contributed by atoms with Crippen LogP contribution in [0.2, 0.25) is 0 Å². The van der Waals surface area contributed by atoms with Crippen molar-refractivity contribution in [2.75, 3.05) is 17.8 Å². The molecule has 0 aromatic heterocycles. The van der Waals surface area contributed by atoms with Crippen molar-refractivity contribution in [1.29, 1.82) is 0 Å². The third-order valence-electron chi connectivity index (χ3n) is 3.15. The highest BCUT2D eigenvalue weighted by atomic mass is 32.2. The molecule has 104 valence electrons. The van der Waals surface area contributed by atoms with Crippen LogP contribution in [0.15, 0.2) is 35.3 Å². The van der Waals surface area contributed by atoms with Crippen LogP contribution in [0.4, 0.5) is 0 Å². The lowest BCUT2D eigenvalue weighted by atomic mass is 10.1. The summed E-state index contributed by atoms with van der Waals surface area (Å²) in [6.45, 7) is 2.24. The Hall–Kier alpha value is -0.610. The zero-order chi connectivity index (χ0) is 13.5. The molecule has 2 nitrogen and oxygen atoms in total. The van der Waals surface area contributed by atoms with Gasteiger partial charge in [0.15, 0.2) is 5.17 Å². The number of aliphatic imine (C=N–C) groups is 1. The summed E-state index contributed by atoms with van der Waals surface area (Å²) in [4.78, 5) is 4.79. The minimum absolute atomic E-state index is 0.433. The van der Waals surface area contributed by atoms with Gasteiger partial charge in [0.25, 0.3) is 0 Å². The number of rotatable bonds is 6. The Kier molecular flexibility index (Phi) is 6.11. The lowest BCUT2D eigenvalue weighted by Gasteiger charge is -2.13. The summed E-state index contributed by atoms with van der Waals surface area (Å²) in [5.74, 6) is 2.31. The summed E-state index contributed by atoms with van der Waals surface area (Å²) in [5, 5.41) is 4.66. The molecular weight excluding hydrogens is 272 g/mol. The Morgan fingerprint density at radius 3 is 2.95 bits per heavy atom. The SMILES string of the molecule is CSCCC(C)NC1=NC(Cc2ccccc2)CS1. The first kappa shape index (κ1) is 14.8. The van der Waals surface area contributed by atoms with Crippen molar-refractivity contribution in [2.45, 2.75) is 31.8 Å². The molecule has 2 rings (SSSR count). The van der Waals surface area contributed by atoms with Crippen molar-refractivity contribution in [2.24, 2.45) is 4.99 Å². The number of nitrogens with zero attached hydrogens (tertiary/aromatic N) is 1. The van der Waals surface area contributed by atoms with Gasteiger partial charge in [-0.25, -0.2) is 0 Å². The van der Waals surface area contributed by atoms with Gasteiger partial charge >= 0.3 is 0 Å². The molecule has 0 radical (unpaired) electrons. The number of thioether (sulfide) groups is 2. The van der Waals surface area contributed by atoms with E-state index in [-0.39, 0.29) is 0 Å². The molecule has 2 atom stereocenters. The minimum atomic E-state index is 0.433. The Morgan fingerprint density at radius 1 is 1.42 bits per heavy atom. The Labute approximate surface area is 124 Å². The van der Waals surface area contributed by atoms with E-state index in [1.165, 1.54) is 17.7 Å². The van der Waals surface area contributed by atoms with Crippen LogP contribution in [0.5, 0.6) is 0 Å². The molecule has 0 saturated carbocycles. The second-order valence-corrected chi connectivity index (χ2v) is 6.91. The predicted molar refractivity (Wildman–Crippen MR) is 89.4 cm³/mol. The third kappa shape index (κ3) is 5.11. The van der Waals surface area contributed by atoms with Gasteiger partial charge in [-0.2, -0.15) is 11.8 Å². The van der Waals surface area contributed by atoms with Crippen molar-refractivity contribution in [3.8, 4) is 0 Å². The highest BCUT2D eigenvalue weighted by molar-refractivity contribution is 8.14. The van der Waals surface area contributed by atoms with E-state index in [0.717, 1.165) is 17.3 Å². The molecule has 0 fully saturated rings. The zero-order valence-corrected chi connectivity index (χ0v) is 13.3. The monoisotopic (exact) mass is 294 g/mol. The van der Waals surface area contributed by atoms with Crippen molar-refractivity contribution >= 4 is 28.7 Å². The van der Waals surface area contributed by atoms with Gasteiger partial charge in [-0.05, 0) is 37.3 Å². The maximum Gasteiger partial charge on any atom is 0.157 e. The fourth-order valence-electron chi connectivity index (χ4n) is 2.06. The fourth-order valence-corrected chi connectivity index (χ4v) is 3.70. The first-order valence-corrected chi connectivity index (χ1v) is 9.16. The van der Waals surface area contributed by atoms with Crippen LogP contribution in [-0.4, -0.2) is 35.0 Å². The maximum atomic E-state index is 4.79. The summed E-state index contributed by atoms with van der Waals surface area (Å²) in [6, 6.07) is 11.6. The smallest absolute Gasteiger partial charge is 0.157 e. The predicted octanol–water partition coefficient (Wildman–Crippen LogP) is 3.43. The van der Waals surface area contributed by atoms with Gasteiger partial charge in [0.05, 0.1) is 6.04 Å². The molecule has 0 saturated heterocycles. The molecular formula is C15H22N2S2. The van der Waals surface area contributed by atoms with E-state index in [4.69, 9.17) is 4.99 Å². The number of nitrogens with one attached hydrogen (secondary N) is 1. The summed E-state index contributed by atoms with van der Waals surface area (Å²) in [5.41, 5.74) is 1.38. The topological polar surface area (TPSA) is 24.4 Å². The molecule has 4 heteroatoms. The summed E-state index contributed by atoms with van der Waals surface area (Å²) < 4.78 is 0. The summed E-state index contributed by atoms with van der Waals surface area (Å²) in [6.07, 6.45) is 4.41. The van der Waals surface area contributed by atoms with Crippen LogP contribution in [0.1, 0.15) is 18.9 Å². The quantitative estimate of drug-likeness (QED) is 0.870. The van der Waals surface area contributed by atoms with Crippen LogP contribution in [-0.2, 0) is 6.42 Å². The lowest BCUT2D eigenvalue weighted by Crippen LogP contribution is -2.30. The first-order chi connectivity index (χ1) is 9.28. The molecule has 1 aromatic carbocycles. The van der Waals surface area contributed by atoms with Crippen LogP contribution >= 0.6 is 23.5 Å². The van der Waals surface area contributed by atoms with Gasteiger partial charge < -0.3 is 5.32 Å². The summed E-state index contributed by atoms with van der Waals surface area (Å²) >= 11 is 3.77. The van der Waals surface area contributed by atoms with Crippen molar-refractivity contribution < 1.29 is 0 Å². The normalized spacial score (nSPS) is 20.1. The second kappa shape index (κ2) is 7.85. The highest BCUT2D eigenvalue weighted by Gasteiger charge is 2.19.